The van der Waals surface area contributed by atoms with E-state index >= 15 is 4.39 Å². The molecule has 1 aliphatic heterocycles. The molecule has 0 amide bonds. The number of non-ortho nitro benzene ring substituents is 1. The number of hydrogen-bond acceptors (Lipinski definition) is 8. The Morgan fingerprint density at radius 2 is 1.68 bits per heavy atom. The predicted molar refractivity (Wildman–Crippen MR) is 151 cm³/mol. The van der Waals surface area contributed by atoms with Crippen LogP contribution in [0.5, 0.6) is 0 Å². The molecule has 2 aromatic rings. The maximum atomic E-state index is 15.1. The Morgan fingerprint density at radius 1 is 1.07 bits per heavy atom. The Kier molecular flexibility index (Phi) is 11.0. The van der Waals surface area contributed by atoms with Gasteiger partial charge < -0.3 is 19.7 Å². The smallest absolute Gasteiger partial charge is 0.336 e. The highest BCUT2D eigenvalue weighted by Crippen LogP contribution is 2.41. The quantitative estimate of drug-likeness (QED) is 0.232. The molecule has 0 aromatic heterocycles. The maximum Gasteiger partial charge on any atom is 0.336 e. The van der Waals surface area contributed by atoms with E-state index in [1.165, 1.54) is 7.11 Å². The van der Waals surface area contributed by atoms with Crippen LogP contribution in [-0.4, -0.2) is 49.1 Å². The fourth-order valence-electron chi connectivity index (χ4n) is 4.89. The average Bonchev–Trinajstić information content (AvgIpc) is 2.87. The van der Waals surface area contributed by atoms with Gasteiger partial charge in [0, 0.05) is 47.6 Å². The number of nitrogens with one attached hydrogen (secondary N) is 1. The molecule has 1 N–H and O–H groups in total. The van der Waals surface area contributed by atoms with Gasteiger partial charge in [-0.1, -0.05) is 44.2 Å². The van der Waals surface area contributed by atoms with E-state index in [2.05, 4.69) is 10.2 Å². The Balaban J connectivity index is 0.00000560. The van der Waals surface area contributed by atoms with Gasteiger partial charge in [0.05, 0.1) is 35.7 Å². The van der Waals surface area contributed by atoms with Crippen LogP contribution in [0.15, 0.2) is 71.1 Å². The fourth-order valence-corrected chi connectivity index (χ4v) is 4.89. The maximum absolute atomic E-state index is 15.1. The highest BCUT2D eigenvalue weighted by atomic mass is 35.5. The summed E-state index contributed by atoms with van der Waals surface area (Å²) in [5.74, 6) is -3.63. The second kappa shape index (κ2) is 13.5. The highest BCUT2D eigenvalue weighted by molar-refractivity contribution is 6.00. The Morgan fingerprint density at radius 3 is 2.25 bits per heavy atom. The molecule has 1 heterocycles. The molecule has 0 spiro atoms. The lowest BCUT2D eigenvalue weighted by Gasteiger charge is -2.32. The van der Waals surface area contributed by atoms with Crippen LogP contribution in [-0.2, 0) is 25.6 Å². The third-order valence-corrected chi connectivity index (χ3v) is 6.47. The zero-order valence-corrected chi connectivity index (χ0v) is 24.3. The van der Waals surface area contributed by atoms with Gasteiger partial charge in [-0.2, -0.15) is 0 Å². The summed E-state index contributed by atoms with van der Waals surface area (Å²) in [6.07, 6.45) is 0. The van der Waals surface area contributed by atoms with Crippen LogP contribution in [0.1, 0.15) is 44.7 Å². The minimum atomic E-state index is -1.27. The van der Waals surface area contributed by atoms with Crippen molar-refractivity contribution >= 4 is 30.0 Å². The number of esters is 2. The number of methoxy groups -OCH3 is 1. The van der Waals surface area contributed by atoms with Crippen LogP contribution in [0.4, 0.5) is 10.1 Å². The van der Waals surface area contributed by atoms with Gasteiger partial charge in [0.1, 0.15) is 5.82 Å². The minimum absolute atomic E-state index is 0. The number of rotatable bonds is 10. The van der Waals surface area contributed by atoms with Crippen molar-refractivity contribution < 1.29 is 28.4 Å². The topological polar surface area (TPSA) is 111 Å². The van der Waals surface area contributed by atoms with E-state index in [1.807, 2.05) is 51.2 Å². The van der Waals surface area contributed by atoms with Gasteiger partial charge in [0.2, 0.25) is 0 Å². The number of nitro groups is 1. The molecule has 0 bridgehead atoms. The monoisotopic (exact) mass is 575 g/mol. The summed E-state index contributed by atoms with van der Waals surface area (Å²) in [6.45, 7) is 8.49. The van der Waals surface area contributed by atoms with Crippen molar-refractivity contribution in [2.45, 2.75) is 40.2 Å². The van der Waals surface area contributed by atoms with Gasteiger partial charge in [-0.25, -0.2) is 14.0 Å². The number of carbonyl (C=O) groups excluding carboxylic acids is 2. The highest BCUT2D eigenvalue weighted by Gasteiger charge is 2.40. The van der Waals surface area contributed by atoms with Gasteiger partial charge in [-0.3, -0.25) is 10.1 Å². The largest absolute Gasteiger partial charge is 0.466 e. The first-order valence-electron chi connectivity index (χ1n) is 12.4. The molecule has 0 saturated carbocycles. The number of allylic oxidation sites excluding steroid dienone is 2. The van der Waals surface area contributed by atoms with Gasteiger partial charge >= 0.3 is 11.9 Å². The lowest BCUT2D eigenvalue weighted by Crippen LogP contribution is -2.37. The SMILES string of the molecule is COC(=O)C1=C(C)NC(C)=C(C(=O)OCC(C)(C)CN(C)Cc2ccccc2)[C@@H]1c1cc([N+](=O)[O-])ccc1F.Cl. The van der Waals surface area contributed by atoms with Crippen LogP contribution in [0.2, 0.25) is 0 Å². The molecule has 0 aliphatic carbocycles. The van der Waals surface area contributed by atoms with Crippen molar-refractivity contribution in [3.05, 3.63) is 98.1 Å². The van der Waals surface area contributed by atoms with E-state index in [9.17, 15) is 19.7 Å². The molecule has 0 radical (unpaired) electrons. The molecule has 1 aliphatic rings. The van der Waals surface area contributed by atoms with Gasteiger partial charge in [0.25, 0.3) is 5.69 Å². The van der Waals surface area contributed by atoms with Gasteiger partial charge in [-0.05, 0) is 32.5 Å². The van der Waals surface area contributed by atoms with Crippen molar-refractivity contribution in [3.8, 4) is 0 Å². The lowest BCUT2D eigenvalue weighted by molar-refractivity contribution is -0.385. The van der Waals surface area contributed by atoms with E-state index in [-0.39, 0.29) is 41.4 Å². The van der Waals surface area contributed by atoms with E-state index in [0.717, 1.165) is 23.8 Å². The van der Waals surface area contributed by atoms with E-state index in [4.69, 9.17) is 9.47 Å². The number of carbonyl (C=O) groups is 2. The number of ether oxygens (including phenoxy) is 2. The Hall–Kier alpha value is -3.76. The summed E-state index contributed by atoms with van der Waals surface area (Å²) in [6, 6.07) is 13.0. The average molecular weight is 576 g/mol. The molecule has 0 fully saturated rings. The minimum Gasteiger partial charge on any atom is -0.466 e. The molecule has 9 nitrogen and oxygen atoms in total. The summed E-state index contributed by atoms with van der Waals surface area (Å²) in [4.78, 5) is 39.2. The fraction of sp³-hybridized carbons (Fsp3) is 0.379. The normalized spacial score (nSPS) is 15.3. The zero-order valence-electron chi connectivity index (χ0n) is 23.4. The second-order valence-electron chi connectivity index (χ2n) is 10.5. The van der Waals surface area contributed by atoms with E-state index in [1.54, 1.807) is 13.8 Å². The predicted octanol–water partition coefficient (Wildman–Crippen LogP) is 5.26. The third kappa shape index (κ3) is 7.67. The molecule has 216 valence electrons. The number of dihydropyridines is 1. The summed E-state index contributed by atoms with van der Waals surface area (Å²) < 4.78 is 25.8. The van der Waals surface area contributed by atoms with Crippen LogP contribution in [0, 0.1) is 21.3 Å². The first-order valence-corrected chi connectivity index (χ1v) is 12.4. The van der Waals surface area contributed by atoms with Crippen molar-refractivity contribution in [2.24, 2.45) is 5.41 Å². The van der Waals surface area contributed by atoms with E-state index in [0.29, 0.717) is 24.5 Å². The third-order valence-electron chi connectivity index (χ3n) is 6.47. The Bertz CT molecular complexity index is 1330. The summed E-state index contributed by atoms with van der Waals surface area (Å²) in [7, 11) is 3.15. The van der Waals surface area contributed by atoms with Crippen LogP contribution >= 0.6 is 12.4 Å². The molecule has 40 heavy (non-hydrogen) atoms. The number of nitrogens with zero attached hydrogens (tertiary/aromatic N) is 2. The summed E-state index contributed by atoms with van der Waals surface area (Å²) in [5, 5.41) is 14.4. The number of halogens is 2. The first kappa shape index (κ1) is 32.5. The van der Waals surface area contributed by atoms with Crippen LogP contribution in [0.25, 0.3) is 0 Å². The van der Waals surface area contributed by atoms with Crippen LogP contribution < -0.4 is 5.32 Å². The summed E-state index contributed by atoms with van der Waals surface area (Å²) >= 11 is 0. The van der Waals surface area contributed by atoms with Crippen molar-refractivity contribution in [1.82, 2.24) is 10.2 Å². The lowest BCUT2D eigenvalue weighted by atomic mass is 9.80. The molecular weight excluding hydrogens is 541 g/mol. The molecular formula is C29H35ClFN3O6. The molecule has 3 rings (SSSR count). The van der Waals surface area contributed by atoms with Crippen LogP contribution in [0.3, 0.4) is 0 Å². The summed E-state index contributed by atoms with van der Waals surface area (Å²) in [5.41, 5.74) is 0.776. The standard InChI is InChI=1S/C29H34FN3O6.ClH/c1-18-24(27(34)38-6)26(22-14-21(33(36)37)12-13-23(22)30)25(19(2)31-18)28(35)39-17-29(3,4)16-32(5)15-20-10-8-7-9-11-20;/h7-14,26,31H,15-17H2,1-6H3;1H/t26-;/m1./s1. The van der Waals surface area contributed by atoms with Crippen molar-refractivity contribution in [3.63, 3.8) is 0 Å². The van der Waals surface area contributed by atoms with E-state index < -0.39 is 34.0 Å². The number of benzene rings is 2. The van der Waals surface area contributed by atoms with Gasteiger partial charge in [0.15, 0.2) is 0 Å². The first-order chi connectivity index (χ1) is 18.3. The van der Waals surface area contributed by atoms with Crippen molar-refractivity contribution in [1.29, 1.82) is 0 Å². The molecule has 2 aromatic carbocycles. The zero-order chi connectivity index (χ0) is 28.9. The molecule has 11 heteroatoms. The number of hydrogen-bond donors (Lipinski definition) is 1. The molecule has 0 unspecified atom stereocenters. The number of nitro benzene ring substituents is 1. The second-order valence-corrected chi connectivity index (χ2v) is 10.5. The molecule has 1 atom stereocenters. The van der Waals surface area contributed by atoms with Gasteiger partial charge in [-0.15, -0.1) is 12.4 Å². The Labute approximate surface area is 239 Å². The van der Waals surface area contributed by atoms with Crippen molar-refractivity contribution in [2.75, 3.05) is 27.3 Å². The molecule has 0 saturated heterocycles.